The van der Waals surface area contributed by atoms with Crippen LogP contribution in [-0.4, -0.2) is 11.9 Å². The van der Waals surface area contributed by atoms with Crippen molar-refractivity contribution in [2.24, 2.45) is 5.92 Å². The van der Waals surface area contributed by atoms with Gasteiger partial charge in [0.15, 0.2) is 11.6 Å². The van der Waals surface area contributed by atoms with E-state index in [0.29, 0.717) is 10.0 Å². The number of halogens is 5. The van der Waals surface area contributed by atoms with E-state index in [-0.39, 0.29) is 12.1 Å². The maximum Gasteiger partial charge on any atom is 0.343 e. The average molecular weight is 639 g/mol. The quantitative estimate of drug-likeness (QED) is 0.131. The number of hydrogen-bond acceptors (Lipinski definition) is 3. The van der Waals surface area contributed by atoms with Crippen molar-refractivity contribution in [3.05, 3.63) is 99.0 Å². The van der Waals surface area contributed by atoms with Gasteiger partial charge in [-0.15, -0.1) is 0 Å². The van der Waals surface area contributed by atoms with E-state index in [9.17, 15) is 27.2 Å². The molecule has 0 heterocycles. The molecule has 9 heteroatoms. The highest BCUT2D eigenvalue weighted by Gasteiger charge is 2.31. The van der Waals surface area contributed by atoms with Crippen LogP contribution in [0.25, 0.3) is 0 Å². The monoisotopic (exact) mass is 637 g/mol. The summed E-state index contributed by atoms with van der Waals surface area (Å²) in [5.41, 5.74) is -0.968. The fraction of sp³-hybridized carbons (Fsp3) is 0.375. The fourth-order valence-corrected chi connectivity index (χ4v) is 4.59. The topological polar surface area (TPSA) is 55.4 Å². The van der Waals surface area contributed by atoms with E-state index < -0.39 is 46.5 Å². The highest BCUT2D eigenvalue weighted by Crippen LogP contribution is 2.31. The largest absolute Gasteiger partial charge is 0.416 e. The molecule has 0 radical (unpaired) electrons. The van der Waals surface area contributed by atoms with Crippen LogP contribution in [0.5, 0.6) is 5.75 Å². The molecule has 41 heavy (non-hydrogen) atoms. The summed E-state index contributed by atoms with van der Waals surface area (Å²) in [7, 11) is 0. The van der Waals surface area contributed by atoms with Gasteiger partial charge in [0.2, 0.25) is 17.4 Å². The van der Waals surface area contributed by atoms with E-state index >= 15 is 0 Å². The number of carbonyl (C=O) groups excluding carboxylic acids is 2. The Bertz CT molecular complexity index is 1250. The molecule has 1 saturated carbocycles. The summed E-state index contributed by atoms with van der Waals surface area (Å²) in [5.74, 6) is -11.1. The van der Waals surface area contributed by atoms with Crippen molar-refractivity contribution in [1.29, 1.82) is 0 Å². The molecule has 0 spiro atoms. The predicted octanol–water partition coefficient (Wildman–Crippen LogP) is 9.55. The Balaban J connectivity index is 0.000000450. The Morgan fingerprint density at radius 2 is 1.39 bits per heavy atom. The van der Waals surface area contributed by atoms with Gasteiger partial charge in [0.1, 0.15) is 5.56 Å². The summed E-state index contributed by atoms with van der Waals surface area (Å²) in [6, 6.07) is 14.0. The number of rotatable bonds is 5. The number of esters is 1. The third-order valence-electron chi connectivity index (χ3n) is 6.39. The molecular weight excluding hydrogens is 602 g/mol. The van der Waals surface area contributed by atoms with Gasteiger partial charge in [0.25, 0.3) is 5.91 Å². The molecule has 3 aromatic carbocycles. The van der Waals surface area contributed by atoms with Crippen molar-refractivity contribution in [2.75, 3.05) is 0 Å². The number of nitrogens with one attached hydrogen (secondary N) is 1. The van der Waals surface area contributed by atoms with Gasteiger partial charge < -0.3 is 10.1 Å². The lowest BCUT2D eigenvalue weighted by Crippen LogP contribution is -2.26. The molecule has 0 unspecified atom stereocenters. The van der Waals surface area contributed by atoms with Crippen molar-refractivity contribution < 1.29 is 31.9 Å². The molecule has 0 saturated heterocycles. The molecule has 0 aromatic heterocycles. The molecule has 3 aromatic rings. The van der Waals surface area contributed by atoms with E-state index in [4.69, 9.17) is 0 Å². The molecule has 222 valence electrons. The van der Waals surface area contributed by atoms with Crippen LogP contribution in [0.2, 0.25) is 0 Å². The minimum Gasteiger partial charge on any atom is -0.416 e. The summed E-state index contributed by atoms with van der Waals surface area (Å²) in [6.07, 6.45) is 10.4. The molecule has 1 fully saturated rings. The van der Waals surface area contributed by atoms with E-state index in [0.717, 1.165) is 5.92 Å². The number of amides is 1. The first-order valence-electron chi connectivity index (χ1n) is 13.8. The first-order chi connectivity index (χ1) is 19.7. The third-order valence-corrected chi connectivity index (χ3v) is 6.89. The van der Waals surface area contributed by atoms with Crippen molar-refractivity contribution in [2.45, 2.75) is 72.3 Å². The van der Waals surface area contributed by atoms with Gasteiger partial charge in [-0.25, -0.2) is 13.6 Å². The van der Waals surface area contributed by atoms with Crippen LogP contribution in [0, 0.1) is 29.2 Å². The van der Waals surface area contributed by atoms with E-state index in [1.165, 1.54) is 63.1 Å². The Morgan fingerprint density at radius 1 is 0.829 bits per heavy atom. The summed E-state index contributed by atoms with van der Waals surface area (Å²) in [6.45, 7) is 6.27. The van der Waals surface area contributed by atoms with Gasteiger partial charge in [-0.1, -0.05) is 118 Å². The summed E-state index contributed by atoms with van der Waals surface area (Å²) >= 11 is 3.10. The number of ether oxygens (including phenoxy) is 1. The second-order valence-corrected chi connectivity index (χ2v) is 10.4. The van der Waals surface area contributed by atoms with Gasteiger partial charge in [-0.3, -0.25) is 4.79 Å². The fourth-order valence-electron chi connectivity index (χ4n) is 4.19. The summed E-state index contributed by atoms with van der Waals surface area (Å²) in [4.78, 5) is 24.2. The van der Waals surface area contributed by atoms with Crippen LogP contribution in [0.3, 0.4) is 0 Å². The standard InChI is InChI=1S/C21H12BrF4NO3.C9H18.C2H6/c22-13-8-4-7-12(9-13)21(29)30-19-17(25)15(23)14(16(24)18(19)26)20(28)27-10-11-5-2-1-3-6-11;1-9-7-5-3-2-4-6-8-9;1-2/h1-9H,10H2,(H,27,28);9H,2-8H2,1H3;1-2H3. The Hall–Kier alpha value is -3.20. The number of hydrogen-bond donors (Lipinski definition) is 1. The first-order valence-corrected chi connectivity index (χ1v) is 14.6. The molecule has 1 aliphatic rings. The second kappa shape index (κ2) is 17.6. The normalized spacial score (nSPS) is 13.4. The van der Waals surface area contributed by atoms with Gasteiger partial charge >= 0.3 is 5.97 Å². The SMILES string of the molecule is CC.CC1CCCCCCC1.O=C(Oc1c(F)c(F)c(C(=O)NCc2ccccc2)c(F)c1F)c1cccc(Br)c1. The van der Waals surface area contributed by atoms with Crippen LogP contribution >= 0.6 is 15.9 Å². The van der Waals surface area contributed by atoms with Crippen molar-refractivity contribution in [3.8, 4) is 5.75 Å². The smallest absolute Gasteiger partial charge is 0.343 e. The Morgan fingerprint density at radius 3 is 1.95 bits per heavy atom. The lowest BCUT2D eigenvalue weighted by atomic mass is 9.93. The maximum atomic E-state index is 14.4. The molecular formula is C32H36BrF4NO3. The Labute approximate surface area is 247 Å². The predicted molar refractivity (Wildman–Crippen MR) is 156 cm³/mol. The Kier molecular flexibility index (Phi) is 14.6. The number of carbonyl (C=O) groups is 2. The molecule has 0 atom stereocenters. The first kappa shape index (κ1) is 34.0. The molecule has 0 aliphatic heterocycles. The minimum atomic E-state index is -2.00. The van der Waals surface area contributed by atoms with Crippen molar-refractivity contribution in [3.63, 3.8) is 0 Å². The maximum absolute atomic E-state index is 14.4. The molecule has 4 rings (SSSR count). The van der Waals surface area contributed by atoms with Gasteiger partial charge in [-0.05, 0) is 29.7 Å². The zero-order valence-corrected chi connectivity index (χ0v) is 25.1. The molecule has 1 aliphatic carbocycles. The van der Waals surface area contributed by atoms with E-state index in [2.05, 4.69) is 32.9 Å². The van der Waals surface area contributed by atoms with Gasteiger partial charge in [0.05, 0.1) is 5.56 Å². The zero-order chi connectivity index (χ0) is 30.4. The average Bonchev–Trinajstić information content (AvgIpc) is 2.97. The highest BCUT2D eigenvalue weighted by atomic mass is 79.9. The summed E-state index contributed by atoms with van der Waals surface area (Å²) < 4.78 is 62.4. The van der Waals surface area contributed by atoms with Crippen molar-refractivity contribution in [1.82, 2.24) is 5.32 Å². The second-order valence-electron chi connectivity index (χ2n) is 9.48. The number of benzene rings is 3. The zero-order valence-electron chi connectivity index (χ0n) is 23.5. The van der Waals surface area contributed by atoms with Gasteiger partial charge in [-0.2, -0.15) is 8.78 Å². The van der Waals surface area contributed by atoms with Crippen LogP contribution in [0.1, 0.15) is 92.0 Å². The lowest BCUT2D eigenvalue weighted by Gasteiger charge is -2.13. The molecule has 4 nitrogen and oxygen atoms in total. The van der Waals surface area contributed by atoms with E-state index in [1.54, 1.807) is 36.4 Å². The van der Waals surface area contributed by atoms with Crippen LogP contribution in [-0.2, 0) is 6.54 Å². The van der Waals surface area contributed by atoms with Gasteiger partial charge in [0, 0.05) is 11.0 Å². The third kappa shape index (κ3) is 10.3. The molecule has 1 N–H and O–H groups in total. The van der Waals surface area contributed by atoms with Crippen LogP contribution in [0.15, 0.2) is 59.1 Å². The van der Waals surface area contributed by atoms with Crippen molar-refractivity contribution >= 4 is 27.8 Å². The molecule has 0 bridgehead atoms. The molecule has 1 amide bonds. The minimum absolute atomic E-state index is 0.117. The van der Waals surface area contributed by atoms with Crippen LogP contribution in [0.4, 0.5) is 17.6 Å². The van der Waals surface area contributed by atoms with Crippen LogP contribution < -0.4 is 10.1 Å². The van der Waals surface area contributed by atoms with E-state index in [1.807, 2.05) is 13.8 Å². The summed E-state index contributed by atoms with van der Waals surface area (Å²) in [5, 5.41) is 2.18. The highest BCUT2D eigenvalue weighted by molar-refractivity contribution is 9.10. The lowest BCUT2D eigenvalue weighted by molar-refractivity contribution is 0.0717.